The van der Waals surface area contributed by atoms with Gasteiger partial charge in [-0.15, -0.1) is 0 Å². The molecule has 7 nitrogen and oxygen atoms in total. The minimum Gasteiger partial charge on any atom is -0.480 e. The number of carbonyl (C=O) groups excluding carboxylic acids is 1. The number of likely N-dealkylation sites (N-methyl/N-ethyl adjacent to an activating group) is 1. The minimum absolute atomic E-state index is 0.0367. The number of benzene rings is 1. The topological polar surface area (TPSA) is 82.1 Å². The third kappa shape index (κ3) is 7.36. The van der Waals surface area contributed by atoms with E-state index in [-0.39, 0.29) is 24.7 Å². The molecule has 0 aromatic heterocycles. The zero-order chi connectivity index (χ0) is 19.8. The maximum atomic E-state index is 12.7. The second-order valence-electron chi connectivity index (χ2n) is 6.91. The summed E-state index contributed by atoms with van der Waals surface area (Å²) in [6, 6.07) is 7.58. The van der Waals surface area contributed by atoms with Crippen LogP contribution in [0.4, 0.5) is 4.79 Å². The molecule has 0 saturated carbocycles. The molecular formula is C19H28ClN3O4. The normalized spacial score (nSPS) is 18.4. The number of rotatable bonds is 8. The van der Waals surface area contributed by atoms with E-state index in [2.05, 4.69) is 5.32 Å². The molecule has 1 saturated heterocycles. The number of aliphatic carboxylic acids is 1. The van der Waals surface area contributed by atoms with Gasteiger partial charge in [0.15, 0.2) is 0 Å². The first kappa shape index (κ1) is 21.5. The van der Waals surface area contributed by atoms with E-state index in [1.807, 2.05) is 31.2 Å². The minimum atomic E-state index is -0.879. The highest BCUT2D eigenvalue weighted by molar-refractivity contribution is 6.30. The number of carbonyl (C=O) groups is 2. The molecule has 8 heteroatoms. The molecule has 0 spiro atoms. The zero-order valence-electron chi connectivity index (χ0n) is 15.9. The number of amides is 2. The number of morpholine rings is 1. The van der Waals surface area contributed by atoms with Crippen LogP contribution in [0.3, 0.4) is 0 Å². The van der Waals surface area contributed by atoms with Crippen LogP contribution in [-0.2, 0) is 16.0 Å². The van der Waals surface area contributed by atoms with Gasteiger partial charge >= 0.3 is 12.0 Å². The maximum Gasteiger partial charge on any atom is 0.317 e. The van der Waals surface area contributed by atoms with E-state index in [4.69, 9.17) is 21.4 Å². The Bertz CT molecular complexity index is 626. The van der Waals surface area contributed by atoms with Crippen LogP contribution in [0.25, 0.3) is 0 Å². The van der Waals surface area contributed by atoms with Crippen LogP contribution in [0.5, 0.6) is 0 Å². The van der Waals surface area contributed by atoms with Gasteiger partial charge in [-0.25, -0.2) is 4.79 Å². The largest absolute Gasteiger partial charge is 0.480 e. The Morgan fingerprint density at radius 3 is 2.74 bits per heavy atom. The molecule has 2 amide bonds. The highest BCUT2D eigenvalue weighted by Crippen LogP contribution is 2.13. The van der Waals surface area contributed by atoms with Crippen molar-refractivity contribution in [3.05, 3.63) is 34.9 Å². The number of nitrogens with zero attached hydrogens (tertiary/aromatic N) is 2. The Hall–Kier alpha value is -1.83. The summed E-state index contributed by atoms with van der Waals surface area (Å²) < 4.78 is 5.68. The molecule has 150 valence electrons. The molecule has 0 aliphatic carbocycles. The standard InChI is InChI=1S/C19H28ClN3O4/c1-3-16(10-14-4-6-15(20)7-5-14)21-19(26)23-8-9-27-17(12-23)11-22(2)13-18(24)25/h4-7,16-17H,3,8-13H2,1-2H3,(H,21,26)(H,24,25). The molecule has 2 atom stereocenters. The average molecular weight is 398 g/mol. The second kappa shape index (κ2) is 10.5. The van der Waals surface area contributed by atoms with Crippen molar-refractivity contribution >= 4 is 23.6 Å². The average Bonchev–Trinajstić information content (AvgIpc) is 2.62. The van der Waals surface area contributed by atoms with E-state index in [0.29, 0.717) is 31.3 Å². The lowest BCUT2D eigenvalue weighted by atomic mass is 10.0. The van der Waals surface area contributed by atoms with Gasteiger partial charge in [-0.3, -0.25) is 9.69 Å². The van der Waals surface area contributed by atoms with Crippen LogP contribution in [0.1, 0.15) is 18.9 Å². The predicted molar refractivity (Wildman–Crippen MR) is 104 cm³/mol. The fourth-order valence-electron chi connectivity index (χ4n) is 3.13. The van der Waals surface area contributed by atoms with Crippen molar-refractivity contribution in [3.63, 3.8) is 0 Å². The van der Waals surface area contributed by atoms with E-state index in [9.17, 15) is 9.59 Å². The van der Waals surface area contributed by atoms with Crippen molar-refractivity contribution in [3.8, 4) is 0 Å². The number of hydrogen-bond donors (Lipinski definition) is 2. The van der Waals surface area contributed by atoms with Crippen LogP contribution >= 0.6 is 11.6 Å². The molecule has 1 fully saturated rings. The zero-order valence-corrected chi connectivity index (χ0v) is 16.6. The molecular weight excluding hydrogens is 370 g/mol. The van der Waals surface area contributed by atoms with Gasteiger partial charge in [0.05, 0.1) is 19.3 Å². The summed E-state index contributed by atoms with van der Waals surface area (Å²) in [6.07, 6.45) is 1.38. The Morgan fingerprint density at radius 2 is 2.11 bits per heavy atom. The summed E-state index contributed by atoms with van der Waals surface area (Å²) in [5, 5.41) is 12.6. The number of halogens is 1. The van der Waals surface area contributed by atoms with Crippen molar-refractivity contribution in [2.75, 3.05) is 39.8 Å². The third-order valence-electron chi connectivity index (χ3n) is 4.56. The van der Waals surface area contributed by atoms with Gasteiger partial charge in [-0.2, -0.15) is 0 Å². The molecule has 1 heterocycles. The monoisotopic (exact) mass is 397 g/mol. The summed E-state index contributed by atoms with van der Waals surface area (Å²) in [5.74, 6) is -0.879. The SMILES string of the molecule is CCC(Cc1ccc(Cl)cc1)NC(=O)N1CCOC(CN(C)CC(=O)O)C1. The van der Waals surface area contributed by atoms with E-state index < -0.39 is 5.97 Å². The fourth-order valence-corrected chi connectivity index (χ4v) is 3.25. The van der Waals surface area contributed by atoms with E-state index in [1.54, 1.807) is 16.8 Å². The Kier molecular flexibility index (Phi) is 8.34. The van der Waals surface area contributed by atoms with Crippen molar-refractivity contribution in [1.29, 1.82) is 0 Å². The Labute approximate surface area is 165 Å². The molecule has 1 aromatic rings. The van der Waals surface area contributed by atoms with Crippen molar-refractivity contribution in [1.82, 2.24) is 15.1 Å². The van der Waals surface area contributed by atoms with Crippen molar-refractivity contribution in [2.24, 2.45) is 0 Å². The first-order valence-electron chi connectivity index (χ1n) is 9.19. The first-order valence-corrected chi connectivity index (χ1v) is 9.57. The third-order valence-corrected chi connectivity index (χ3v) is 4.81. The number of carboxylic acid groups (broad SMARTS) is 1. The lowest BCUT2D eigenvalue weighted by Crippen LogP contribution is -2.54. The first-order chi connectivity index (χ1) is 12.9. The number of hydrogen-bond acceptors (Lipinski definition) is 4. The highest BCUT2D eigenvalue weighted by Gasteiger charge is 2.26. The molecule has 2 N–H and O–H groups in total. The van der Waals surface area contributed by atoms with Crippen molar-refractivity contribution in [2.45, 2.75) is 31.9 Å². The van der Waals surface area contributed by atoms with Crippen LogP contribution in [-0.4, -0.2) is 78.9 Å². The van der Waals surface area contributed by atoms with Crippen LogP contribution < -0.4 is 5.32 Å². The number of urea groups is 1. The molecule has 0 radical (unpaired) electrons. The van der Waals surface area contributed by atoms with Crippen LogP contribution in [0, 0.1) is 0 Å². The second-order valence-corrected chi connectivity index (χ2v) is 7.35. The summed E-state index contributed by atoms with van der Waals surface area (Å²) in [7, 11) is 1.73. The fraction of sp³-hybridized carbons (Fsp3) is 0.579. The van der Waals surface area contributed by atoms with Gasteiger partial charge in [0.2, 0.25) is 0 Å². The van der Waals surface area contributed by atoms with Gasteiger partial charge in [0.25, 0.3) is 0 Å². The van der Waals surface area contributed by atoms with E-state index in [0.717, 1.165) is 18.4 Å². The summed E-state index contributed by atoms with van der Waals surface area (Å²) in [6.45, 7) is 3.90. The molecule has 2 rings (SSSR count). The van der Waals surface area contributed by atoms with Gasteiger partial charge in [0, 0.05) is 30.7 Å². The molecule has 27 heavy (non-hydrogen) atoms. The van der Waals surface area contributed by atoms with Gasteiger partial charge in [-0.1, -0.05) is 30.7 Å². The Morgan fingerprint density at radius 1 is 1.41 bits per heavy atom. The molecule has 1 aliphatic heterocycles. The lowest BCUT2D eigenvalue weighted by molar-refractivity contribution is -0.138. The number of nitrogens with one attached hydrogen (secondary N) is 1. The Balaban J connectivity index is 1.85. The van der Waals surface area contributed by atoms with Gasteiger partial charge < -0.3 is 20.1 Å². The molecule has 1 aliphatic rings. The maximum absolute atomic E-state index is 12.7. The lowest BCUT2D eigenvalue weighted by Gasteiger charge is -2.35. The molecule has 0 bridgehead atoms. The van der Waals surface area contributed by atoms with E-state index in [1.165, 1.54) is 0 Å². The summed E-state index contributed by atoms with van der Waals surface area (Å²) >= 11 is 5.92. The quantitative estimate of drug-likeness (QED) is 0.701. The predicted octanol–water partition coefficient (Wildman–Crippen LogP) is 2.09. The highest BCUT2D eigenvalue weighted by atomic mass is 35.5. The number of carboxylic acids is 1. The van der Waals surface area contributed by atoms with Crippen LogP contribution in [0.2, 0.25) is 5.02 Å². The van der Waals surface area contributed by atoms with Crippen LogP contribution in [0.15, 0.2) is 24.3 Å². The van der Waals surface area contributed by atoms with E-state index >= 15 is 0 Å². The number of ether oxygens (including phenoxy) is 1. The summed E-state index contributed by atoms with van der Waals surface area (Å²) in [5.41, 5.74) is 1.13. The molecule has 2 unspecified atom stereocenters. The summed E-state index contributed by atoms with van der Waals surface area (Å²) in [4.78, 5) is 26.9. The van der Waals surface area contributed by atoms with Gasteiger partial charge in [-0.05, 0) is 37.6 Å². The molecule has 1 aromatic carbocycles. The smallest absolute Gasteiger partial charge is 0.317 e. The van der Waals surface area contributed by atoms with Gasteiger partial charge in [0.1, 0.15) is 0 Å². The van der Waals surface area contributed by atoms with Crippen molar-refractivity contribution < 1.29 is 19.4 Å².